The highest BCUT2D eigenvalue weighted by molar-refractivity contribution is 7.86. The fourth-order valence-electron chi connectivity index (χ4n) is 4.07. The number of hydrogen-bond acceptors (Lipinski definition) is 9. The van der Waals surface area contributed by atoms with Crippen molar-refractivity contribution in [1.29, 1.82) is 0 Å². The van der Waals surface area contributed by atoms with E-state index in [1.54, 1.807) is 0 Å². The Labute approximate surface area is 248 Å². The predicted octanol–water partition coefficient (Wildman–Crippen LogP) is 3.12. The van der Waals surface area contributed by atoms with Gasteiger partial charge < -0.3 is 22.1 Å². The number of nitrogen functional groups attached to an aromatic ring is 1. The summed E-state index contributed by atoms with van der Waals surface area (Å²) in [6.45, 7) is 3.39. The van der Waals surface area contributed by atoms with Crippen LogP contribution in [0.4, 0.5) is 22.7 Å². The van der Waals surface area contributed by atoms with Crippen LogP contribution in [0, 0.1) is 0 Å². The normalized spacial score (nSPS) is 13.8. The molecule has 0 aliphatic heterocycles. The fraction of sp³-hybridized carbons (Fsp3) is 0. The van der Waals surface area contributed by atoms with Gasteiger partial charge in [0.05, 0.1) is 28.2 Å². The molecular weight excluding hydrogens is 635 g/mol. The number of carbonyl (C=O) groups excluding carboxylic acids is 2. The molecule has 0 saturated carbocycles. The van der Waals surface area contributed by atoms with Crippen LogP contribution in [0.3, 0.4) is 0 Å². The Morgan fingerprint density at radius 3 is 1.98 bits per heavy atom. The third-order valence-electron chi connectivity index (χ3n) is 5.68. The van der Waals surface area contributed by atoms with Crippen LogP contribution >= 0.6 is 23.2 Å². The van der Waals surface area contributed by atoms with Crippen LogP contribution in [0.2, 0.25) is 0 Å². The van der Waals surface area contributed by atoms with Gasteiger partial charge in [-0.1, -0.05) is 42.4 Å². The van der Waals surface area contributed by atoms with Crippen molar-refractivity contribution in [1.82, 2.24) is 5.32 Å². The highest BCUT2D eigenvalue weighted by atomic mass is 35.5. The summed E-state index contributed by atoms with van der Waals surface area (Å²) in [7, 11) is -10.00. The average molecular weight is 653 g/mol. The average Bonchev–Trinajstić information content (AvgIpc) is 2.86. The van der Waals surface area contributed by atoms with Crippen LogP contribution in [0.25, 0.3) is 0 Å². The highest BCUT2D eigenvalue weighted by Crippen LogP contribution is 2.40. The van der Waals surface area contributed by atoms with Gasteiger partial charge in [0.2, 0.25) is 5.96 Å². The third-order valence-corrected chi connectivity index (χ3v) is 7.64. The number of halogens is 2. The maximum absolute atomic E-state index is 13.5. The second-order valence-corrected chi connectivity index (χ2v) is 12.1. The van der Waals surface area contributed by atoms with Crippen molar-refractivity contribution >= 4 is 89.0 Å². The van der Waals surface area contributed by atoms with Gasteiger partial charge in [0.1, 0.15) is 14.9 Å². The van der Waals surface area contributed by atoms with E-state index in [0.717, 1.165) is 18.2 Å². The zero-order valence-corrected chi connectivity index (χ0v) is 23.9. The number of benzene rings is 3. The van der Waals surface area contributed by atoms with E-state index in [1.165, 1.54) is 30.3 Å². The molecule has 0 radical (unpaired) electrons. The lowest BCUT2D eigenvalue weighted by Gasteiger charge is -2.23. The molecule has 8 N–H and O–H groups in total. The van der Waals surface area contributed by atoms with Crippen molar-refractivity contribution in [2.24, 2.45) is 15.7 Å². The van der Waals surface area contributed by atoms with Gasteiger partial charge in [0, 0.05) is 16.8 Å². The molecule has 18 heteroatoms. The van der Waals surface area contributed by atoms with Crippen LogP contribution in [-0.2, 0) is 20.2 Å². The lowest BCUT2D eigenvalue weighted by molar-refractivity contribution is 0.0980. The molecule has 0 heterocycles. The lowest BCUT2D eigenvalue weighted by Crippen LogP contribution is -2.25. The molecule has 0 unspecified atom stereocenters. The molecule has 1 aliphatic carbocycles. The van der Waals surface area contributed by atoms with E-state index in [4.69, 9.17) is 34.7 Å². The molecule has 218 valence electrons. The second kappa shape index (κ2) is 11.2. The van der Waals surface area contributed by atoms with Crippen LogP contribution in [0.5, 0.6) is 0 Å². The summed E-state index contributed by atoms with van der Waals surface area (Å²) in [5.41, 5.74) is 8.94. The molecule has 14 nitrogen and oxygen atoms in total. The first-order valence-corrected chi connectivity index (χ1v) is 14.8. The first-order valence-electron chi connectivity index (χ1n) is 11.2. The molecule has 3 aromatic rings. The van der Waals surface area contributed by atoms with Crippen LogP contribution < -0.4 is 22.1 Å². The molecular formula is C24H18Cl2N6O8S2. The smallest absolute Gasteiger partial charge is 0.296 e. The van der Waals surface area contributed by atoms with Crippen molar-refractivity contribution in [3.8, 4) is 0 Å². The van der Waals surface area contributed by atoms with Gasteiger partial charge in [0.25, 0.3) is 20.2 Å². The Morgan fingerprint density at radius 2 is 1.45 bits per heavy atom. The minimum Gasteiger partial charge on any atom is -0.397 e. The molecule has 42 heavy (non-hydrogen) atoms. The van der Waals surface area contributed by atoms with Crippen molar-refractivity contribution in [3.05, 3.63) is 82.5 Å². The number of ketones is 2. The van der Waals surface area contributed by atoms with Crippen molar-refractivity contribution in [2.75, 3.05) is 11.1 Å². The highest BCUT2D eigenvalue weighted by Gasteiger charge is 2.36. The van der Waals surface area contributed by atoms with E-state index in [0.29, 0.717) is 0 Å². The van der Waals surface area contributed by atoms with Gasteiger partial charge in [-0.25, -0.2) is 4.99 Å². The van der Waals surface area contributed by atoms with Gasteiger partial charge in [-0.3, -0.25) is 18.7 Å². The molecule has 0 saturated heterocycles. The number of fused-ring (bicyclic) bond motifs is 2. The summed E-state index contributed by atoms with van der Waals surface area (Å²) in [5, 5.41) is 4.35. The van der Waals surface area contributed by atoms with Gasteiger partial charge in [-0.15, -0.1) is 0 Å². The lowest BCUT2D eigenvalue weighted by atomic mass is 9.82. The molecule has 0 atom stereocenters. The predicted molar refractivity (Wildman–Crippen MR) is 156 cm³/mol. The van der Waals surface area contributed by atoms with E-state index in [9.17, 15) is 35.5 Å². The van der Waals surface area contributed by atoms with Crippen molar-refractivity contribution in [2.45, 2.75) is 9.79 Å². The third kappa shape index (κ3) is 6.13. The van der Waals surface area contributed by atoms with Gasteiger partial charge in [-0.2, -0.15) is 21.8 Å². The number of carbonyl (C=O) groups is 2. The van der Waals surface area contributed by atoms with E-state index in [2.05, 4.69) is 27.2 Å². The standard InChI is InChI=1S/C24H18Cl2N6O8S2/c1-10(25)29-24(32-23(26)28)31-14-7-6-11(8-16(14)41(35,36)37)30-15-9-17(42(38,39)40)20(27)19-18(15)21(33)12-4-2-3-5-13(12)22(19)34/h2-9,30H,1,27H2,(H,35,36,37)(H,38,39,40)(H3,28,29,31,32). The molecule has 0 fully saturated rings. The number of nitrogens with two attached hydrogens (primary N) is 2. The maximum atomic E-state index is 13.5. The first-order chi connectivity index (χ1) is 19.5. The Kier molecular flexibility index (Phi) is 8.14. The summed E-state index contributed by atoms with van der Waals surface area (Å²) in [6.07, 6.45) is 0. The minimum absolute atomic E-state index is 0.000365. The molecule has 0 bridgehead atoms. The molecule has 0 spiro atoms. The largest absolute Gasteiger partial charge is 0.397 e. The summed E-state index contributed by atoms with van der Waals surface area (Å²) in [5.74, 6) is -1.89. The van der Waals surface area contributed by atoms with E-state index < -0.39 is 64.1 Å². The number of rotatable bonds is 6. The van der Waals surface area contributed by atoms with Crippen LogP contribution in [0.15, 0.2) is 80.0 Å². The van der Waals surface area contributed by atoms with E-state index in [-0.39, 0.29) is 38.9 Å². The van der Waals surface area contributed by atoms with Crippen LogP contribution in [0.1, 0.15) is 31.8 Å². The minimum atomic E-state index is -5.01. The molecule has 4 rings (SSSR count). The quantitative estimate of drug-likeness (QED) is 0.0578. The molecule has 0 aromatic heterocycles. The van der Waals surface area contributed by atoms with Gasteiger partial charge in [0.15, 0.2) is 16.9 Å². The van der Waals surface area contributed by atoms with E-state index >= 15 is 0 Å². The Balaban J connectivity index is 1.94. The number of amidine groups is 1. The first kappa shape index (κ1) is 30.6. The number of anilines is 3. The Hall–Kier alpha value is -4.32. The molecule has 1 aliphatic rings. The summed E-state index contributed by atoms with van der Waals surface area (Å²) < 4.78 is 68.5. The topological polar surface area (TPSA) is 244 Å². The summed E-state index contributed by atoms with van der Waals surface area (Å²) >= 11 is 11.3. The number of aliphatic imine (C=N–C) groups is 2. The van der Waals surface area contributed by atoms with Crippen LogP contribution in [-0.4, -0.2) is 48.8 Å². The van der Waals surface area contributed by atoms with Crippen molar-refractivity contribution in [3.63, 3.8) is 0 Å². The zero-order valence-electron chi connectivity index (χ0n) is 20.8. The maximum Gasteiger partial charge on any atom is 0.296 e. The zero-order chi connectivity index (χ0) is 31.1. The van der Waals surface area contributed by atoms with Crippen molar-refractivity contribution < 1.29 is 35.5 Å². The Morgan fingerprint density at radius 1 is 0.881 bits per heavy atom. The second-order valence-electron chi connectivity index (χ2n) is 8.45. The SMILES string of the molecule is C=C(Cl)NC(N=C(N)Cl)=Nc1ccc(Nc2cc(S(=O)(=O)O)c(N)c3c2C(=O)c2ccccc2C3=O)cc1S(=O)(=O)O. The number of nitrogens with one attached hydrogen (secondary N) is 2. The fourth-order valence-corrected chi connectivity index (χ4v) is 5.53. The summed E-state index contributed by atoms with van der Waals surface area (Å²) in [6, 6.07) is 9.77. The Bertz CT molecular complexity index is 1990. The van der Waals surface area contributed by atoms with Gasteiger partial charge in [-0.05, 0) is 35.9 Å². The summed E-state index contributed by atoms with van der Waals surface area (Å²) in [4.78, 5) is 32.7. The number of hydrogen-bond donors (Lipinski definition) is 6. The molecule has 3 aromatic carbocycles. The van der Waals surface area contributed by atoms with Gasteiger partial charge >= 0.3 is 0 Å². The number of nitrogens with zero attached hydrogens (tertiary/aromatic N) is 2. The molecule has 0 amide bonds. The number of guanidine groups is 1. The van der Waals surface area contributed by atoms with E-state index in [1.807, 2.05) is 0 Å². The monoisotopic (exact) mass is 652 g/mol.